The third-order valence-electron chi connectivity index (χ3n) is 1.44. The van der Waals surface area contributed by atoms with E-state index in [1.54, 1.807) is 0 Å². The normalized spacial score (nSPS) is 8.77. The van der Waals surface area contributed by atoms with Crippen molar-refractivity contribution in [3.8, 4) is 0 Å². The van der Waals surface area contributed by atoms with Crippen molar-refractivity contribution in [2.45, 2.75) is 39.5 Å². The topological polar surface area (TPSA) is 35.5 Å². The van der Waals surface area contributed by atoms with Crippen LogP contribution >= 0.6 is 12.4 Å². The maximum absolute atomic E-state index is 10.7. The number of halogens is 1. The van der Waals surface area contributed by atoms with Crippen molar-refractivity contribution in [2.75, 3.05) is 13.2 Å². The second-order valence-electron chi connectivity index (χ2n) is 2.65. The van der Waals surface area contributed by atoms with Crippen LogP contribution < -0.4 is 0 Å². The monoisotopic (exact) mass is 210 g/mol. The molecule has 0 saturated carbocycles. The van der Waals surface area contributed by atoms with Gasteiger partial charge < -0.3 is 9.47 Å². The highest BCUT2D eigenvalue weighted by Crippen LogP contribution is 1.93. The Kier molecular flexibility index (Phi) is 13.4. The van der Waals surface area contributed by atoms with Crippen LogP contribution in [0.25, 0.3) is 0 Å². The molecule has 0 radical (unpaired) electrons. The molecule has 0 atom stereocenters. The van der Waals surface area contributed by atoms with Crippen LogP contribution in [0.15, 0.2) is 0 Å². The predicted octanol–water partition coefficient (Wildman–Crippen LogP) is 3.16. The van der Waals surface area contributed by atoms with Crippen molar-refractivity contribution in [2.24, 2.45) is 0 Å². The minimum Gasteiger partial charge on any atom is -0.434 e. The minimum atomic E-state index is -0.531. The first-order valence-electron chi connectivity index (χ1n) is 4.60. The molecule has 0 aromatic rings. The smallest absolute Gasteiger partial charge is 0.434 e. The zero-order chi connectivity index (χ0) is 9.23. The van der Waals surface area contributed by atoms with E-state index in [1.165, 1.54) is 0 Å². The van der Waals surface area contributed by atoms with E-state index in [-0.39, 0.29) is 12.4 Å². The lowest BCUT2D eigenvalue weighted by atomic mass is 10.4. The van der Waals surface area contributed by atoms with Gasteiger partial charge in [-0.25, -0.2) is 4.79 Å². The molecule has 0 heterocycles. The maximum Gasteiger partial charge on any atom is 0.508 e. The predicted molar refractivity (Wildman–Crippen MR) is 54.4 cm³/mol. The number of hydrogen-bond donors (Lipinski definition) is 0. The van der Waals surface area contributed by atoms with Gasteiger partial charge in [-0.3, -0.25) is 0 Å². The lowest BCUT2D eigenvalue weighted by molar-refractivity contribution is 0.0536. The Labute approximate surface area is 86.2 Å². The number of unbranched alkanes of at least 4 members (excludes halogenated alkanes) is 2. The summed E-state index contributed by atoms with van der Waals surface area (Å²) < 4.78 is 9.54. The van der Waals surface area contributed by atoms with Crippen molar-refractivity contribution < 1.29 is 14.3 Å². The highest BCUT2D eigenvalue weighted by molar-refractivity contribution is 5.85. The summed E-state index contributed by atoms with van der Waals surface area (Å²) in [5.74, 6) is 0. The maximum atomic E-state index is 10.7. The largest absolute Gasteiger partial charge is 0.508 e. The Bertz CT molecular complexity index is 105. The summed E-state index contributed by atoms with van der Waals surface area (Å²) in [6, 6.07) is 0. The molecule has 0 aromatic carbocycles. The van der Waals surface area contributed by atoms with Crippen LogP contribution in [0.5, 0.6) is 0 Å². The summed E-state index contributed by atoms with van der Waals surface area (Å²) in [5, 5.41) is 0. The molecule has 3 nitrogen and oxygen atoms in total. The Morgan fingerprint density at radius 2 is 1.38 bits per heavy atom. The van der Waals surface area contributed by atoms with Gasteiger partial charge in [0.05, 0.1) is 13.2 Å². The molecule has 0 rings (SSSR count). The van der Waals surface area contributed by atoms with Gasteiger partial charge in [0.25, 0.3) is 0 Å². The van der Waals surface area contributed by atoms with Crippen molar-refractivity contribution in [3.05, 3.63) is 0 Å². The molecule has 0 aromatic heterocycles. The molecular weight excluding hydrogens is 192 g/mol. The van der Waals surface area contributed by atoms with E-state index in [9.17, 15) is 4.79 Å². The molecule has 0 aliphatic heterocycles. The fourth-order valence-electron chi connectivity index (χ4n) is 0.641. The van der Waals surface area contributed by atoms with Gasteiger partial charge in [-0.05, 0) is 12.8 Å². The van der Waals surface area contributed by atoms with E-state index in [0.717, 1.165) is 25.7 Å². The SMILES string of the molecule is CCCCOC(=O)OCCCC.Cl. The van der Waals surface area contributed by atoms with E-state index < -0.39 is 6.16 Å². The van der Waals surface area contributed by atoms with Crippen molar-refractivity contribution in [1.82, 2.24) is 0 Å². The highest BCUT2D eigenvalue weighted by Gasteiger charge is 2.00. The minimum absolute atomic E-state index is 0. The lowest BCUT2D eigenvalue weighted by Crippen LogP contribution is -2.09. The Hall–Kier alpha value is -0.440. The van der Waals surface area contributed by atoms with Crippen LogP contribution in [-0.4, -0.2) is 19.4 Å². The van der Waals surface area contributed by atoms with Gasteiger partial charge >= 0.3 is 6.16 Å². The summed E-state index contributed by atoms with van der Waals surface area (Å²) in [6.07, 6.45) is 3.34. The van der Waals surface area contributed by atoms with Gasteiger partial charge in [0.15, 0.2) is 0 Å². The first-order chi connectivity index (χ1) is 5.81. The molecule has 0 unspecified atom stereocenters. The van der Waals surface area contributed by atoms with Gasteiger partial charge in [0.2, 0.25) is 0 Å². The van der Waals surface area contributed by atoms with Crippen LogP contribution in [-0.2, 0) is 9.47 Å². The van der Waals surface area contributed by atoms with Crippen LogP contribution in [0.2, 0.25) is 0 Å². The number of carbonyl (C=O) groups is 1. The zero-order valence-electron chi connectivity index (χ0n) is 8.38. The molecule has 13 heavy (non-hydrogen) atoms. The first-order valence-corrected chi connectivity index (χ1v) is 4.60. The molecule has 0 amide bonds. The molecule has 0 aliphatic rings. The fraction of sp³-hybridized carbons (Fsp3) is 0.889. The molecule has 0 aliphatic carbocycles. The summed E-state index contributed by atoms with van der Waals surface area (Å²) in [4.78, 5) is 10.7. The number of rotatable bonds is 6. The molecule has 80 valence electrons. The van der Waals surface area contributed by atoms with E-state index in [1.807, 2.05) is 13.8 Å². The van der Waals surface area contributed by atoms with Crippen LogP contribution in [0.1, 0.15) is 39.5 Å². The summed E-state index contributed by atoms with van der Waals surface area (Å²) in [5.41, 5.74) is 0. The highest BCUT2D eigenvalue weighted by atomic mass is 35.5. The van der Waals surface area contributed by atoms with Gasteiger partial charge in [-0.1, -0.05) is 26.7 Å². The van der Waals surface area contributed by atoms with Gasteiger partial charge in [0, 0.05) is 0 Å². The molecule has 4 heteroatoms. The van der Waals surface area contributed by atoms with Crippen molar-refractivity contribution in [1.29, 1.82) is 0 Å². The van der Waals surface area contributed by atoms with Crippen LogP contribution in [0.4, 0.5) is 4.79 Å². The second kappa shape index (κ2) is 11.6. The van der Waals surface area contributed by atoms with Gasteiger partial charge in [-0.15, -0.1) is 12.4 Å². The quantitative estimate of drug-likeness (QED) is 0.499. The molecule has 0 fully saturated rings. The third kappa shape index (κ3) is 11.6. The third-order valence-corrected chi connectivity index (χ3v) is 1.44. The number of carbonyl (C=O) groups excluding carboxylic acids is 1. The molecule has 0 saturated heterocycles. The second-order valence-corrected chi connectivity index (χ2v) is 2.65. The Morgan fingerprint density at radius 3 is 1.69 bits per heavy atom. The van der Waals surface area contributed by atoms with E-state index in [2.05, 4.69) is 0 Å². The summed E-state index contributed by atoms with van der Waals surface area (Å²) >= 11 is 0. The van der Waals surface area contributed by atoms with Gasteiger partial charge in [0.1, 0.15) is 0 Å². The van der Waals surface area contributed by atoms with E-state index >= 15 is 0 Å². The molecule has 0 bridgehead atoms. The van der Waals surface area contributed by atoms with Crippen molar-refractivity contribution in [3.63, 3.8) is 0 Å². The summed E-state index contributed by atoms with van der Waals surface area (Å²) in [7, 11) is 0. The van der Waals surface area contributed by atoms with Crippen molar-refractivity contribution >= 4 is 18.6 Å². The number of hydrogen-bond acceptors (Lipinski definition) is 3. The summed E-state index contributed by atoms with van der Waals surface area (Å²) in [6.45, 7) is 5.04. The average molecular weight is 211 g/mol. The fourth-order valence-corrected chi connectivity index (χ4v) is 0.641. The standard InChI is InChI=1S/C9H18O3.ClH/c1-3-5-7-11-9(10)12-8-6-4-2;/h3-8H2,1-2H3;1H. The Morgan fingerprint density at radius 1 is 1.00 bits per heavy atom. The molecule has 0 N–H and O–H groups in total. The first kappa shape index (κ1) is 15.1. The number of ether oxygens (including phenoxy) is 2. The van der Waals surface area contributed by atoms with E-state index in [0.29, 0.717) is 13.2 Å². The average Bonchev–Trinajstić information content (AvgIpc) is 2.06. The van der Waals surface area contributed by atoms with Crippen LogP contribution in [0, 0.1) is 0 Å². The zero-order valence-corrected chi connectivity index (χ0v) is 9.19. The Balaban J connectivity index is 0. The molecular formula is C9H19ClO3. The lowest BCUT2D eigenvalue weighted by Gasteiger charge is -2.04. The van der Waals surface area contributed by atoms with E-state index in [4.69, 9.17) is 9.47 Å². The van der Waals surface area contributed by atoms with Gasteiger partial charge in [-0.2, -0.15) is 0 Å². The van der Waals surface area contributed by atoms with Crippen LogP contribution in [0.3, 0.4) is 0 Å². The molecule has 0 spiro atoms.